The van der Waals surface area contributed by atoms with Crippen LogP contribution >= 0.6 is 0 Å². The molecule has 10 atom stereocenters. The van der Waals surface area contributed by atoms with Crippen molar-refractivity contribution in [1.29, 1.82) is 0 Å². The van der Waals surface area contributed by atoms with E-state index in [1.165, 1.54) is 12.3 Å². The van der Waals surface area contributed by atoms with Crippen LogP contribution in [0.5, 0.6) is 0 Å². The summed E-state index contributed by atoms with van der Waals surface area (Å²) in [5.74, 6) is 0.488. The number of aliphatic hydroxyl groups excluding tert-OH is 2. The molecule has 5 fully saturated rings. The molecule has 2 heterocycles. The van der Waals surface area contributed by atoms with Gasteiger partial charge in [0.15, 0.2) is 0 Å². The van der Waals surface area contributed by atoms with E-state index in [4.69, 9.17) is 9.15 Å². The van der Waals surface area contributed by atoms with E-state index in [0.717, 1.165) is 37.7 Å². The molecule has 1 saturated heterocycles. The van der Waals surface area contributed by atoms with Crippen molar-refractivity contribution in [3.63, 3.8) is 0 Å². The van der Waals surface area contributed by atoms with Crippen LogP contribution in [0.2, 0.25) is 0 Å². The summed E-state index contributed by atoms with van der Waals surface area (Å²) < 4.78 is 11.6. The number of fused-ring (bicyclic) bond motifs is 3. The van der Waals surface area contributed by atoms with E-state index in [1.54, 1.807) is 6.07 Å². The van der Waals surface area contributed by atoms with Crippen LogP contribution in [0.1, 0.15) is 70.3 Å². The molecule has 0 radical (unpaired) electrons. The largest absolute Gasteiger partial charge is 0.431 e. The Morgan fingerprint density at radius 3 is 2.47 bits per heavy atom. The van der Waals surface area contributed by atoms with Crippen molar-refractivity contribution < 1.29 is 24.5 Å². The summed E-state index contributed by atoms with van der Waals surface area (Å²) in [5.41, 5.74) is -1.17. The van der Waals surface area contributed by atoms with E-state index < -0.39 is 17.8 Å². The summed E-state index contributed by atoms with van der Waals surface area (Å²) >= 11 is 0. The van der Waals surface area contributed by atoms with Crippen LogP contribution in [-0.2, 0) is 4.74 Å². The third kappa shape index (κ3) is 2.07. The van der Waals surface area contributed by atoms with Crippen molar-refractivity contribution in [1.82, 2.24) is 0 Å². The van der Waals surface area contributed by atoms with Crippen LogP contribution < -0.4 is 5.63 Å². The standard InChI is InChI=1S/C24H32O6/c1-21-8-5-14(25)11-23(21,28)10-7-16-15(21)6-9-22(2)18(13-3-4-17(26)29-12-13)19(27)20-24(16,22)30-20/h3-4,12,14-16,18-20,25,27-28H,5-11H2,1-2H3/t14-,15+,16-,18-,19-,20-,21+,22+,23+,24+/m0/s1. The summed E-state index contributed by atoms with van der Waals surface area (Å²) in [6.45, 7) is 4.46. The lowest BCUT2D eigenvalue weighted by molar-refractivity contribution is -0.224. The lowest BCUT2D eigenvalue weighted by atomic mass is 9.42. The van der Waals surface area contributed by atoms with Crippen LogP contribution in [0.25, 0.3) is 0 Å². The molecule has 4 aliphatic carbocycles. The van der Waals surface area contributed by atoms with E-state index in [0.29, 0.717) is 18.8 Å². The SMILES string of the molecule is C[C@]12CC[C@H](O)C[C@]1(O)CC[C@H]1[C@H]2CC[C@]2(C)[C@@H](c3ccc(=O)oc3)[C@H](O)[C@@H]3O[C@]132. The second-order valence-electron chi connectivity index (χ2n) is 11.2. The summed E-state index contributed by atoms with van der Waals surface area (Å²) in [4.78, 5) is 11.5. The molecule has 1 aromatic heterocycles. The molecule has 0 unspecified atom stereocenters. The first kappa shape index (κ1) is 19.5. The van der Waals surface area contributed by atoms with Crippen LogP contribution in [0.3, 0.4) is 0 Å². The van der Waals surface area contributed by atoms with Crippen LogP contribution in [0.4, 0.5) is 0 Å². The molecule has 164 valence electrons. The summed E-state index contributed by atoms with van der Waals surface area (Å²) in [5, 5.41) is 33.1. The molecule has 6 heteroatoms. The van der Waals surface area contributed by atoms with Gasteiger partial charge in [0, 0.05) is 23.8 Å². The first-order valence-corrected chi connectivity index (χ1v) is 11.5. The Labute approximate surface area is 176 Å². The van der Waals surface area contributed by atoms with E-state index >= 15 is 0 Å². The Balaban J connectivity index is 1.40. The van der Waals surface area contributed by atoms with Gasteiger partial charge in [0.2, 0.25) is 0 Å². The molecule has 0 amide bonds. The fraction of sp³-hybridized carbons (Fsp3) is 0.792. The molecule has 1 aliphatic heterocycles. The molecule has 1 aromatic rings. The molecular weight excluding hydrogens is 384 g/mol. The topological polar surface area (TPSA) is 103 Å². The zero-order valence-electron chi connectivity index (χ0n) is 17.7. The molecule has 30 heavy (non-hydrogen) atoms. The maximum Gasteiger partial charge on any atom is 0.335 e. The fourth-order valence-electron chi connectivity index (χ4n) is 8.81. The minimum atomic E-state index is -0.819. The maximum atomic E-state index is 11.6. The molecule has 4 saturated carbocycles. The minimum Gasteiger partial charge on any atom is -0.431 e. The van der Waals surface area contributed by atoms with E-state index in [2.05, 4.69) is 13.8 Å². The predicted molar refractivity (Wildman–Crippen MR) is 108 cm³/mol. The first-order chi connectivity index (χ1) is 14.2. The highest BCUT2D eigenvalue weighted by Gasteiger charge is 2.84. The summed E-state index contributed by atoms with van der Waals surface area (Å²) in [6.07, 6.45) is 5.74. The highest BCUT2D eigenvalue weighted by Crippen LogP contribution is 2.78. The fourth-order valence-corrected chi connectivity index (χ4v) is 8.81. The number of rotatable bonds is 1. The van der Waals surface area contributed by atoms with Gasteiger partial charge in [-0.2, -0.15) is 0 Å². The Bertz CT molecular complexity index is 923. The lowest BCUT2D eigenvalue weighted by Gasteiger charge is -2.63. The first-order valence-electron chi connectivity index (χ1n) is 11.5. The average molecular weight is 417 g/mol. The van der Waals surface area contributed by atoms with E-state index in [9.17, 15) is 20.1 Å². The number of hydrogen-bond donors (Lipinski definition) is 3. The monoisotopic (exact) mass is 416 g/mol. The quantitative estimate of drug-likeness (QED) is 0.607. The van der Waals surface area contributed by atoms with Gasteiger partial charge in [-0.25, -0.2) is 4.79 Å². The molecule has 0 bridgehead atoms. The maximum absolute atomic E-state index is 11.6. The minimum absolute atomic E-state index is 0.122. The van der Waals surface area contributed by atoms with Crippen molar-refractivity contribution in [2.24, 2.45) is 22.7 Å². The van der Waals surface area contributed by atoms with Crippen molar-refractivity contribution in [3.05, 3.63) is 34.4 Å². The van der Waals surface area contributed by atoms with Gasteiger partial charge in [0.25, 0.3) is 0 Å². The van der Waals surface area contributed by atoms with E-state index in [1.807, 2.05) is 0 Å². The lowest BCUT2D eigenvalue weighted by Crippen LogP contribution is -2.65. The Kier molecular flexibility index (Phi) is 3.75. The van der Waals surface area contributed by atoms with Crippen molar-refractivity contribution >= 4 is 0 Å². The van der Waals surface area contributed by atoms with Gasteiger partial charge in [-0.05, 0) is 67.4 Å². The molecule has 5 aliphatic rings. The Morgan fingerprint density at radius 1 is 1.00 bits per heavy atom. The Hall–Kier alpha value is -1.21. The molecular formula is C24H32O6. The highest BCUT2D eigenvalue weighted by atomic mass is 16.6. The predicted octanol–water partition coefficient (Wildman–Crippen LogP) is 2.34. The van der Waals surface area contributed by atoms with Crippen molar-refractivity contribution in [2.75, 3.05) is 0 Å². The van der Waals surface area contributed by atoms with Gasteiger partial charge in [0.05, 0.1) is 24.1 Å². The Morgan fingerprint density at radius 2 is 1.73 bits per heavy atom. The van der Waals surface area contributed by atoms with Gasteiger partial charge in [-0.1, -0.05) is 13.8 Å². The smallest absolute Gasteiger partial charge is 0.335 e. The molecule has 1 spiro atoms. The van der Waals surface area contributed by atoms with Gasteiger partial charge in [-0.3, -0.25) is 0 Å². The van der Waals surface area contributed by atoms with Gasteiger partial charge in [0.1, 0.15) is 11.7 Å². The number of epoxide rings is 1. The van der Waals surface area contributed by atoms with Crippen LogP contribution in [-0.4, -0.2) is 44.8 Å². The van der Waals surface area contributed by atoms with Gasteiger partial charge >= 0.3 is 5.63 Å². The molecule has 6 rings (SSSR count). The van der Waals surface area contributed by atoms with Crippen LogP contribution in [0, 0.1) is 22.7 Å². The average Bonchev–Trinajstić information content (AvgIpc) is 3.41. The second kappa shape index (κ2) is 5.77. The van der Waals surface area contributed by atoms with Crippen molar-refractivity contribution in [2.45, 2.75) is 94.2 Å². The third-order valence-electron chi connectivity index (χ3n) is 10.3. The summed E-state index contributed by atoms with van der Waals surface area (Å²) in [6, 6.07) is 3.22. The third-order valence-corrected chi connectivity index (χ3v) is 10.3. The number of ether oxygens (including phenoxy) is 1. The molecule has 6 nitrogen and oxygen atoms in total. The van der Waals surface area contributed by atoms with Crippen LogP contribution in [0.15, 0.2) is 27.6 Å². The molecule has 0 aromatic carbocycles. The second-order valence-corrected chi connectivity index (χ2v) is 11.2. The zero-order chi connectivity index (χ0) is 21.1. The van der Waals surface area contributed by atoms with E-state index in [-0.39, 0.29) is 40.0 Å². The number of hydrogen-bond acceptors (Lipinski definition) is 6. The molecule has 3 N–H and O–H groups in total. The summed E-state index contributed by atoms with van der Waals surface area (Å²) in [7, 11) is 0. The zero-order valence-corrected chi connectivity index (χ0v) is 17.7. The van der Waals surface area contributed by atoms with Crippen molar-refractivity contribution in [3.8, 4) is 0 Å². The number of aliphatic hydroxyl groups is 3. The van der Waals surface area contributed by atoms with Gasteiger partial charge < -0.3 is 24.5 Å². The highest BCUT2D eigenvalue weighted by molar-refractivity contribution is 5.38. The van der Waals surface area contributed by atoms with Gasteiger partial charge in [-0.15, -0.1) is 0 Å². The normalized spacial score (nSPS) is 56.4.